The van der Waals surface area contributed by atoms with Crippen LogP contribution in [0, 0.1) is 10.1 Å². The van der Waals surface area contributed by atoms with Gasteiger partial charge in [-0.25, -0.2) is 0 Å². The third-order valence-corrected chi connectivity index (χ3v) is 3.29. The summed E-state index contributed by atoms with van der Waals surface area (Å²) in [6, 6.07) is 12.4. The van der Waals surface area contributed by atoms with Crippen LogP contribution in [0.25, 0.3) is 6.08 Å². The number of amides is 2. The summed E-state index contributed by atoms with van der Waals surface area (Å²) in [5.74, 6) is -0.104. The molecule has 0 aliphatic carbocycles. The average molecular weight is 371 g/mol. The third-order valence-electron chi connectivity index (χ3n) is 3.29. The molecule has 0 saturated carbocycles. The SMILES string of the molecule is COc1ccc(/C=C/C(=O)NNC(=O)COc2ccc([N+](=O)[O-])cc2)cc1. The first kappa shape index (κ1) is 19.4. The Hall–Kier alpha value is -3.88. The van der Waals surface area contributed by atoms with E-state index in [1.807, 2.05) is 0 Å². The molecule has 0 spiro atoms. The van der Waals surface area contributed by atoms with Gasteiger partial charge >= 0.3 is 0 Å². The number of nitrogens with zero attached hydrogens (tertiary/aromatic N) is 1. The van der Waals surface area contributed by atoms with Gasteiger partial charge < -0.3 is 9.47 Å². The van der Waals surface area contributed by atoms with Crippen LogP contribution in [0.4, 0.5) is 5.69 Å². The fraction of sp³-hybridized carbons (Fsp3) is 0.111. The first-order valence-corrected chi connectivity index (χ1v) is 7.76. The molecule has 2 amide bonds. The zero-order valence-corrected chi connectivity index (χ0v) is 14.4. The van der Waals surface area contributed by atoms with Crippen molar-refractivity contribution in [3.8, 4) is 11.5 Å². The van der Waals surface area contributed by atoms with Crippen LogP contribution in [-0.4, -0.2) is 30.5 Å². The Morgan fingerprint density at radius 2 is 1.67 bits per heavy atom. The molecule has 2 aromatic rings. The molecule has 0 heterocycles. The lowest BCUT2D eigenvalue weighted by Crippen LogP contribution is -2.43. The van der Waals surface area contributed by atoms with Crippen LogP contribution < -0.4 is 20.3 Å². The van der Waals surface area contributed by atoms with E-state index in [2.05, 4.69) is 10.9 Å². The van der Waals surface area contributed by atoms with E-state index in [0.717, 1.165) is 5.56 Å². The number of ether oxygens (including phenoxy) is 2. The molecule has 0 bridgehead atoms. The molecule has 140 valence electrons. The highest BCUT2D eigenvalue weighted by Gasteiger charge is 2.07. The maximum absolute atomic E-state index is 11.7. The second-order valence-electron chi connectivity index (χ2n) is 5.18. The number of non-ortho nitro benzene ring substituents is 1. The van der Waals surface area contributed by atoms with Crippen molar-refractivity contribution in [2.24, 2.45) is 0 Å². The molecule has 27 heavy (non-hydrogen) atoms. The van der Waals surface area contributed by atoms with Crippen molar-refractivity contribution in [2.75, 3.05) is 13.7 Å². The Morgan fingerprint density at radius 1 is 1.04 bits per heavy atom. The second-order valence-corrected chi connectivity index (χ2v) is 5.18. The summed E-state index contributed by atoms with van der Waals surface area (Å²) in [7, 11) is 1.56. The standard InChI is InChI=1S/C18H17N3O6/c1-26-15-7-2-13(3-8-15)4-11-17(22)19-20-18(23)12-27-16-9-5-14(6-10-16)21(24)25/h2-11H,12H2,1H3,(H,19,22)(H,20,23)/b11-4+. The van der Waals surface area contributed by atoms with Gasteiger partial charge in [0.25, 0.3) is 17.5 Å². The van der Waals surface area contributed by atoms with Crippen LogP contribution in [-0.2, 0) is 9.59 Å². The number of nitrogens with one attached hydrogen (secondary N) is 2. The summed E-state index contributed by atoms with van der Waals surface area (Å²) in [6.07, 6.45) is 2.84. The van der Waals surface area contributed by atoms with E-state index in [1.165, 1.54) is 30.3 Å². The predicted octanol–water partition coefficient (Wildman–Crippen LogP) is 1.84. The molecule has 0 radical (unpaired) electrons. The molecular weight excluding hydrogens is 354 g/mol. The van der Waals surface area contributed by atoms with Crippen molar-refractivity contribution in [2.45, 2.75) is 0 Å². The smallest absolute Gasteiger partial charge is 0.276 e. The van der Waals surface area contributed by atoms with Gasteiger partial charge in [-0.1, -0.05) is 12.1 Å². The Bertz CT molecular complexity index is 831. The lowest BCUT2D eigenvalue weighted by atomic mass is 10.2. The van der Waals surface area contributed by atoms with Gasteiger partial charge in [-0.05, 0) is 35.9 Å². The lowest BCUT2D eigenvalue weighted by molar-refractivity contribution is -0.384. The molecule has 0 aliphatic heterocycles. The van der Waals surface area contributed by atoms with Gasteiger partial charge in [0.2, 0.25) is 0 Å². The number of hydrogen-bond acceptors (Lipinski definition) is 6. The van der Waals surface area contributed by atoms with Crippen LogP contribution in [0.15, 0.2) is 54.6 Å². The lowest BCUT2D eigenvalue weighted by Gasteiger charge is -2.07. The van der Waals surface area contributed by atoms with Crippen molar-refractivity contribution in [1.82, 2.24) is 10.9 Å². The first-order valence-electron chi connectivity index (χ1n) is 7.76. The normalized spacial score (nSPS) is 10.3. The number of carbonyl (C=O) groups excluding carboxylic acids is 2. The van der Waals surface area contributed by atoms with Gasteiger partial charge in [0.15, 0.2) is 6.61 Å². The molecule has 2 N–H and O–H groups in total. The fourth-order valence-corrected chi connectivity index (χ4v) is 1.91. The van der Waals surface area contributed by atoms with E-state index in [1.54, 1.807) is 37.5 Å². The maximum Gasteiger partial charge on any atom is 0.276 e. The zero-order chi connectivity index (χ0) is 19.6. The molecule has 0 unspecified atom stereocenters. The van der Waals surface area contributed by atoms with Gasteiger partial charge in [-0.3, -0.25) is 30.6 Å². The summed E-state index contributed by atoms with van der Waals surface area (Å²) >= 11 is 0. The van der Waals surface area contributed by atoms with Crippen molar-refractivity contribution in [3.63, 3.8) is 0 Å². The molecule has 0 saturated heterocycles. The van der Waals surface area contributed by atoms with E-state index in [-0.39, 0.29) is 12.3 Å². The molecule has 0 fully saturated rings. The van der Waals surface area contributed by atoms with Crippen LogP contribution in [0.3, 0.4) is 0 Å². The van der Waals surface area contributed by atoms with Gasteiger partial charge in [0, 0.05) is 18.2 Å². The highest BCUT2D eigenvalue weighted by atomic mass is 16.6. The topological polar surface area (TPSA) is 120 Å². The zero-order valence-electron chi connectivity index (χ0n) is 14.4. The monoisotopic (exact) mass is 371 g/mol. The molecule has 2 rings (SSSR count). The third kappa shape index (κ3) is 6.50. The van der Waals surface area contributed by atoms with Gasteiger partial charge in [0.05, 0.1) is 12.0 Å². The average Bonchev–Trinajstić information content (AvgIpc) is 2.69. The van der Waals surface area contributed by atoms with Gasteiger partial charge in [-0.15, -0.1) is 0 Å². The summed E-state index contributed by atoms with van der Waals surface area (Å²) < 4.78 is 10.2. The number of benzene rings is 2. The molecule has 0 aromatic heterocycles. The number of nitro groups is 1. The number of carbonyl (C=O) groups is 2. The van der Waals surface area contributed by atoms with Crippen LogP contribution in [0.5, 0.6) is 11.5 Å². The number of nitro benzene ring substituents is 1. The van der Waals surface area contributed by atoms with Crippen molar-refractivity contribution in [3.05, 3.63) is 70.3 Å². The fourth-order valence-electron chi connectivity index (χ4n) is 1.91. The molecule has 2 aromatic carbocycles. The first-order chi connectivity index (χ1) is 13.0. The van der Waals surface area contributed by atoms with Crippen molar-refractivity contribution in [1.29, 1.82) is 0 Å². The molecule has 9 heteroatoms. The number of hydrazine groups is 1. The van der Waals surface area contributed by atoms with Gasteiger partial charge in [0.1, 0.15) is 11.5 Å². The summed E-state index contributed by atoms with van der Waals surface area (Å²) in [5.41, 5.74) is 5.12. The molecule has 0 atom stereocenters. The summed E-state index contributed by atoms with van der Waals surface area (Å²) in [6.45, 7) is -0.361. The minimum absolute atomic E-state index is 0.0808. The Kier molecular flexibility index (Phi) is 6.89. The van der Waals surface area contributed by atoms with E-state index in [4.69, 9.17) is 9.47 Å². The maximum atomic E-state index is 11.7. The van der Waals surface area contributed by atoms with Crippen LogP contribution >= 0.6 is 0 Å². The summed E-state index contributed by atoms with van der Waals surface area (Å²) in [5, 5.41) is 10.5. The number of methoxy groups -OCH3 is 1. The largest absolute Gasteiger partial charge is 0.497 e. The molecule has 9 nitrogen and oxygen atoms in total. The highest BCUT2D eigenvalue weighted by molar-refractivity contribution is 5.93. The second kappa shape index (κ2) is 9.56. The van der Waals surface area contributed by atoms with E-state index >= 15 is 0 Å². The minimum Gasteiger partial charge on any atom is -0.497 e. The van der Waals surface area contributed by atoms with Crippen molar-refractivity contribution < 1.29 is 24.0 Å². The Labute approximate surface area is 154 Å². The number of hydrogen-bond donors (Lipinski definition) is 2. The van der Waals surface area contributed by atoms with E-state index in [0.29, 0.717) is 11.5 Å². The van der Waals surface area contributed by atoms with Crippen LogP contribution in [0.1, 0.15) is 5.56 Å². The van der Waals surface area contributed by atoms with Gasteiger partial charge in [-0.2, -0.15) is 0 Å². The predicted molar refractivity (Wildman–Crippen MR) is 96.9 cm³/mol. The minimum atomic E-state index is -0.584. The van der Waals surface area contributed by atoms with Crippen LogP contribution in [0.2, 0.25) is 0 Å². The van der Waals surface area contributed by atoms with E-state index < -0.39 is 16.7 Å². The Balaban J connectivity index is 1.73. The Morgan fingerprint density at radius 3 is 2.26 bits per heavy atom. The quantitative estimate of drug-likeness (QED) is 0.435. The van der Waals surface area contributed by atoms with E-state index in [9.17, 15) is 19.7 Å². The van der Waals surface area contributed by atoms with Crippen molar-refractivity contribution >= 4 is 23.6 Å². The molecular formula is C18H17N3O6. The summed E-state index contributed by atoms with van der Waals surface area (Å²) in [4.78, 5) is 33.3. The number of rotatable bonds is 7. The highest BCUT2D eigenvalue weighted by Crippen LogP contribution is 2.17. The molecule has 0 aliphatic rings.